The third-order valence-corrected chi connectivity index (χ3v) is 4.47. The second-order valence-corrected chi connectivity index (χ2v) is 5.94. The van der Waals surface area contributed by atoms with Crippen molar-refractivity contribution in [3.8, 4) is 11.7 Å². The van der Waals surface area contributed by atoms with Gasteiger partial charge in [-0.1, -0.05) is 23.4 Å². The van der Waals surface area contributed by atoms with Gasteiger partial charge in [0.2, 0.25) is 0 Å². The van der Waals surface area contributed by atoms with E-state index in [0.29, 0.717) is 17.5 Å². The van der Waals surface area contributed by atoms with Gasteiger partial charge in [0.05, 0.1) is 5.54 Å². The van der Waals surface area contributed by atoms with E-state index in [9.17, 15) is 0 Å². The normalized spacial score (nSPS) is 17.1. The van der Waals surface area contributed by atoms with Crippen LogP contribution in [-0.2, 0) is 5.54 Å². The van der Waals surface area contributed by atoms with E-state index in [0.717, 1.165) is 41.4 Å². The van der Waals surface area contributed by atoms with E-state index < -0.39 is 5.54 Å². The number of furan rings is 1. The molecule has 1 aliphatic rings. The molecule has 5 heteroatoms. The SMILES string of the molecule is Cc1c(-c2nc(C3(N)CCC3)no2)oc2c(C)cccc12. The summed E-state index contributed by atoms with van der Waals surface area (Å²) in [6, 6.07) is 6.09. The molecule has 2 heterocycles. The van der Waals surface area contributed by atoms with Crippen LogP contribution in [0.15, 0.2) is 27.1 Å². The molecule has 2 aromatic heterocycles. The van der Waals surface area contributed by atoms with Crippen molar-refractivity contribution >= 4 is 11.0 Å². The topological polar surface area (TPSA) is 78.1 Å². The molecular weight excluding hydrogens is 266 g/mol. The molecule has 1 aromatic carbocycles. The van der Waals surface area contributed by atoms with Crippen molar-refractivity contribution in [2.45, 2.75) is 38.6 Å². The molecule has 2 N–H and O–H groups in total. The predicted octanol–water partition coefficient (Wildman–Crippen LogP) is 3.44. The Morgan fingerprint density at radius 3 is 2.71 bits per heavy atom. The third kappa shape index (κ3) is 1.74. The average molecular weight is 283 g/mol. The first-order chi connectivity index (χ1) is 10.1. The number of aromatic nitrogens is 2. The van der Waals surface area contributed by atoms with Crippen molar-refractivity contribution in [2.75, 3.05) is 0 Å². The molecule has 0 amide bonds. The second-order valence-electron chi connectivity index (χ2n) is 5.94. The first kappa shape index (κ1) is 12.6. The fraction of sp³-hybridized carbons (Fsp3) is 0.375. The molecule has 1 fully saturated rings. The highest BCUT2D eigenvalue weighted by molar-refractivity contribution is 5.88. The maximum Gasteiger partial charge on any atom is 0.294 e. The van der Waals surface area contributed by atoms with Crippen molar-refractivity contribution in [3.63, 3.8) is 0 Å². The third-order valence-electron chi connectivity index (χ3n) is 4.47. The molecule has 0 unspecified atom stereocenters. The minimum atomic E-state index is -0.419. The molecule has 0 aliphatic heterocycles. The molecule has 0 atom stereocenters. The molecule has 0 radical (unpaired) electrons. The molecule has 0 bridgehead atoms. The van der Waals surface area contributed by atoms with Crippen molar-refractivity contribution in [1.82, 2.24) is 10.1 Å². The molecule has 1 aliphatic carbocycles. The summed E-state index contributed by atoms with van der Waals surface area (Å²) in [5.74, 6) is 1.64. The number of nitrogens with zero attached hydrogens (tertiary/aromatic N) is 2. The zero-order chi connectivity index (χ0) is 14.6. The number of nitrogens with two attached hydrogens (primary N) is 1. The van der Waals surface area contributed by atoms with Crippen LogP contribution >= 0.6 is 0 Å². The summed E-state index contributed by atoms with van der Waals surface area (Å²) in [6.07, 6.45) is 2.93. The first-order valence-electron chi connectivity index (χ1n) is 7.21. The lowest BCUT2D eigenvalue weighted by Gasteiger charge is -2.34. The van der Waals surface area contributed by atoms with Crippen LogP contribution in [-0.4, -0.2) is 10.1 Å². The summed E-state index contributed by atoms with van der Waals surface area (Å²) in [4.78, 5) is 4.46. The van der Waals surface area contributed by atoms with Crippen LogP contribution in [0.3, 0.4) is 0 Å². The van der Waals surface area contributed by atoms with Crippen molar-refractivity contribution in [1.29, 1.82) is 0 Å². The fourth-order valence-electron chi connectivity index (χ4n) is 2.89. The summed E-state index contributed by atoms with van der Waals surface area (Å²) in [5.41, 5.74) is 8.80. The smallest absolute Gasteiger partial charge is 0.294 e. The molecule has 5 nitrogen and oxygen atoms in total. The Hall–Kier alpha value is -2.14. The lowest BCUT2D eigenvalue weighted by Crippen LogP contribution is -2.44. The van der Waals surface area contributed by atoms with E-state index in [-0.39, 0.29) is 0 Å². The number of rotatable bonds is 2. The Morgan fingerprint density at radius 1 is 1.24 bits per heavy atom. The highest BCUT2D eigenvalue weighted by Crippen LogP contribution is 2.39. The number of fused-ring (bicyclic) bond motifs is 1. The van der Waals surface area contributed by atoms with Crippen LogP contribution in [0.1, 0.15) is 36.2 Å². The lowest BCUT2D eigenvalue weighted by molar-refractivity contribution is 0.229. The monoisotopic (exact) mass is 283 g/mol. The van der Waals surface area contributed by atoms with Gasteiger partial charge in [-0.15, -0.1) is 0 Å². The number of hydrogen-bond acceptors (Lipinski definition) is 5. The molecule has 21 heavy (non-hydrogen) atoms. The summed E-state index contributed by atoms with van der Waals surface area (Å²) >= 11 is 0. The predicted molar refractivity (Wildman–Crippen MR) is 78.7 cm³/mol. The van der Waals surface area contributed by atoms with Gasteiger partial charge in [0.1, 0.15) is 5.58 Å². The maximum atomic E-state index is 6.24. The highest BCUT2D eigenvalue weighted by atomic mass is 16.5. The zero-order valence-corrected chi connectivity index (χ0v) is 12.1. The summed E-state index contributed by atoms with van der Waals surface area (Å²) in [6.45, 7) is 4.03. The molecule has 4 rings (SSSR count). The number of benzene rings is 1. The maximum absolute atomic E-state index is 6.24. The van der Waals surface area contributed by atoms with E-state index in [4.69, 9.17) is 14.7 Å². The summed E-state index contributed by atoms with van der Waals surface area (Å²) in [7, 11) is 0. The van der Waals surface area contributed by atoms with Crippen LogP contribution in [0.25, 0.3) is 22.6 Å². The minimum absolute atomic E-state index is 0.412. The van der Waals surface area contributed by atoms with E-state index in [1.807, 2.05) is 32.0 Å². The van der Waals surface area contributed by atoms with E-state index in [1.54, 1.807) is 0 Å². The largest absolute Gasteiger partial charge is 0.450 e. The standard InChI is InChI=1S/C16H17N3O2/c1-9-5-3-6-11-10(2)13(20-12(9)11)14-18-15(19-21-14)16(17)7-4-8-16/h3,5-6H,4,7-8,17H2,1-2H3. The second kappa shape index (κ2) is 4.18. The van der Waals surface area contributed by atoms with Crippen LogP contribution in [0.4, 0.5) is 0 Å². The number of para-hydroxylation sites is 1. The number of hydrogen-bond donors (Lipinski definition) is 1. The molecule has 3 aromatic rings. The Morgan fingerprint density at radius 2 is 2.05 bits per heavy atom. The molecule has 0 saturated heterocycles. The zero-order valence-electron chi connectivity index (χ0n) is 12.1. The highest BCUT2D eigenvalue weighted by Gasteiger charge is 2.39. The lowest BCUT2D eigenvalue weighted by atomic mass is 9.77. The minimum Gasteiger partial charge on any atom is -0.450 e. The number of aryl methyl sites for hydroxylation is 2. The summed E-state index contributed by atoms with van der Waals surface area (Å²) < 4.78 is 11.3. The quantitative estimate of drug-likeness (QED) is 0.779. The van der Waals surface area contributed by atoms with E-state index >= 15 is 0 Å². The first-order valence-corrected chi connectivity index (χ1v) is 7.21. The average Bonchev–Trinajstić information content (AvgIpc) is 3.03. The Balaban J connectivity index is 1.83. The van der Waals surface area contributed by atoms with Crippen LogP contribution < -0.4 is 5.73 Å². The molecule has 1 saturated carbocycles. The van der Waals surface area contributed by atoms with Crippen LogP contribution in [0.2, 0.25) is 0 Å². The van der Waals surface area contributed by atoms with Gasteiger partial charge in [-0.05, 0) is 38.7 Å². The Labute approximate surface area is 122 Å². The molecular formula is C16H17N3O2. The van der Waals surface area contributed by atoms with Crippen molar-refractivity contribution in [2.24, 2.45) is 5.73 Å². The Bertz CT molecular complexity index is 827. The Kier molecular flexibility index (Phi) is 2.50. The van der Waals surface area contributed by atoms with Gasteiger partial charge < -0.3 is 14.7 Å². The fourth-order valence-corrected chi connectivity index (χ4v) is 2.89. The van der Waals surface area contributed by atoms with Gasteiger partial charge in [0.25, 0.3) is 5.89 Å². The van der Waals surface area contributed by atoms with Gasteiger partial charge in [0, 0.05) is 10.9 Å². The van der Waals surface area contributed by atoms with Gasteiger partial charge >= 0.3 is 0 Å². The van der Waals surface area contributed by atoms with Crippen LogP contribution in [0.5, 0.6) is 0 Å². The van der Waals surface area contributed by atoms with Crippen molar-refractivity contribution < 1.29 is 8.94 Å². The molecule has 108 valence electrons. The molecule has 0 spiro atoms. The van der Waals surface area contributed by atoms with Gasteiger partial charge in [0.15, 0.2) is 11.6 Å². The van der Waals surface area contributed by atoms with Crippen LogP contribution in [0, 0.1) is 13.8 Å². The van der Waals surface area contributed by atoms with Gasteiger partial charge in [-0.3, -0.25) is 0 Å². The van der Waals surface area contributed by atoms with E-state index in [1.165, 1.54) is 0 Å². The van der Waals surface area contributed by atoms with E-state index in [2.05, 4.69) is 10.1 Å². The summed E-state index contributed by atoms with van der Waals surface area (Å²) in [5, 5.41) is 5.13. The van der Waals surface area contributed by atoms with Gasteiger partial charge in [-0.25, -0.2) is 0 Å². The van der Waals surface area contributed by atoms with Gasteiger partial charge in [-0.2, -0.15) is 4.98 Å². The van der Waals surface area contributed by atoms with Crippen molar-refractivity contribution in [3.05, 3.63) is 35.2 Å².